The van der Waals surface area contributed by atoms with E-state index in [0.717, 1.165) is 19.6 Å². The van der Waals surface area contributed by atoms with Crippen LogP contribution in [0.3, 0.4) is 0 Å². The summed E-state index contributed by atoms with van der Waals surface area (Å²) in [6.45, 7) is 8.08. The fourth-order valence-electron chi connectivity index (χ4n) is 0.741. The molecule has 0 spiro atoms. The van der Waals surface area contributed by atoms with Gasteiger partial charge in [-0.1, -0.05) is 19.6 Å². The van der Waals surface area contributed by atoms with Crippen molar-refractivity contribution in [1.29, 1.82) is 0 Å². The molecule has 0 bridgehead atoms. The molecular weight excluding hydrogens is 175 g/mol. The molecular formula is C9H15LiO2Si. The Kier molecular flexibility index (Phi) is 5.88. The van der Waals surface area contributed by atoms with Crippen LogP contribution in [-0.4, -0.2) is 21.3 Å². The van der Waals surface area contributed by atoms with Gasteiger partial charge in [-0.05, 0) is 6.42 Å². The van der Waals surface area contributed by atoms with Crippen LogP contribution in [0.25, 0.3) is 0 Å². The molecule has 68 valence electrons. The van der Waals surface area contributed by atoms with E-state index in [1.807, 2.05) is 0 Å². The number of ether oxygens (including phenoxy) is 2. The quantitative estimate of drug-likeness (QED) is 0.271. The largest absolute Gasteiger partial charge is 1.00 e. The smallest absolute Gasteiger partial charge is 0.407 e. The van der Waals surface area contributed by atoms with Crippen molar-refractivity contribution in [3.05, 3.63) is 6.29 Å². The summed E-state index contributed by atoms with van der Waals surface area (Å²) in [5.41, 5.74) is 3.19. The first-order valence-corrected chi connectivity index (χ1v) is 7.74. The van der Waals surface area contributed by atoms with Gasteiger partial charge >= 0.3 is 18.9 Å². The Hall–Kier alpha value is 0.164. The first kappa shape index (κ1) is 13.2. The normalized spacial score (nSPS) is 17.0. The van der Waals surface area contributed by atoms with Gasteiger partial charge in [0.25, 0.3) is 0 Å². The molecule has 0 aromatic rings. The van der Waals surface area contributed by atoms with Gasteiger partial charge in [0.1, 0.15) is 0 Å². The first-order valence-electron chi connectivity index (χ1n) is 4.24. The standard InChI is InChI=1S/C9H15O2Si.Li/c1-12(2,3)8-5-9-10-6-4-7-11-9;/h4,6-7H2,1-3H3;/q-1;+1. The summed E-state index contributed by atoms with van der Waals surface area (Å²) in [4.78, 5) is 0. The van der Waals surface area contributed by atoms with Crippen molar-refractivity contribution in [3.63, 3.8) is 0 Å². The second-order valence-electron chi connectivity index (χ2n) is 3.84. The van der Waals surface area contributed by atoms with E-state index in [-0.39, 0.29) is 18.9 Å². The summed E-state index contributed by atoms with van der Waals surface area (Å²) >= 11 is 0. The Morgan fingerprint density at radius 3 is 2.15 bits per heavy atom. The third kappa shape index (κ3) is 6.26. The number of hydrogen-bond acceptors (Lipinski definition) is 2. The minimum absolute atomic E-state index is 0. The molecule has 1 rings (SSSR count). The molecule has 0 unspecified atom stereocenters. The monoisotopic (exact) mass is 190 g/mol. The van der Waals surface area contributed by atoms with Gasteiger partial charge in [0.2, 0.25) is 0 Å². The second kappa shape index (κ2) is 5.80. The van der Waals surface area contributed by atoms with E-state index in [0.29, 0.717) is 6.29 Å². The van der Waals surface area contributed by atoms with Crippen molar-refractivity contribution in [2.75, 3.05) is 13.2 Å². The van der Waals surface area contributed by atoms with Gasteiger partial charge in [0.05, 0.1) is 6.29 Å². The summed E-state index contributed by atoms with van der Waals surface area (Å²) < 4.78 is 10.4. The van der Waals surface area contributed by atoms with E-state index < -0.39 is 8.07 Å². The molecule has 4 heteroatoms. The Morgan fingerprint density at radius 2 is 1.69 bits per heavy atom. The third-order valence-corrected chi connectivity index (χ3v) is 2.17. The fraction of sp³-hybridized carbons (Fsp3) is 0.667. The van der Waals surface area contributed by atoms with Crippen molar-refractivity contribution in [1.82, 2.24) is 0 Å². The Bertz CT molecular complexity index is 196. The minimum atomic E-state index is -1.28. The summed E-state index contributed by atoms with van der Waals surface area (Å²) in [7, 11) is -1.28. The zero-order valence-corrected chi connectivity index (χ0v) is 9.94. The molecule has 2 nitrogen and oxygen atoms in total. The molecule has 0 aromatic carbocycles. The van der Waals surface area contributed by atoms with Crippen LogP contribution in [0, 0.1) is 17.8 Å². The van der Waals surface area contributed by atoms with Crippen LogP contribution in [0.15, 0.2) is 0 Å². The Balaban J connectivity index is 0.00000144. The van der Waals surface area contributed by atoms with Gasteiger partial charge in [-0.15, -0.1) is 0 Å². The summed E-state index contributed by atoms with van der Waals surface area (Å²) in [5, 5.41) is 0. The van der Waals surface area contributed by atoms with E-state index in [1.54, 1.807) is 0 Å². The van der Waals surface area contributed by atoms with E-state index in [2.05, 4.69) is 31.1 Å². The average molecular weight is 190 g/mol. The maximum absolute atomic E-state index is 5.22. The van der Waals surface area contributed by atoms with Gasteiger partial charge in [0.15, 0.2) is 0 Å². The Labute approximate surface area is 93.6 Å². The van der Waals surface area contributed by atoms with Crippen LogP contribution in [0.4, 0.5) is 0 Å². The van der Waals surface area contributed by atoms with E-state index in [4.69, 9.17) is 9.47 Å². The van der Waals surface area contributed by atoms with Crippen LogP contribution in [-0.2, 0) is 9.47 Å². The van der Waals surface area contributed by atoms with Crippen molar-refractivity contribution in [3.8, 4) is 11.5 Å². The number of rotatable bonds is 0. The van der Waals surface area contributed by atoms with E-state index in [9.17, 15) is 0 Å². The molecule has 0 aliphatic carbocycles. The predicted molar refractivity (Wildman–Crippen MR) is 50.9 cm³/mol. The topological polar surface area (TPSA) is 18.5 Å². The maximum Gasteiger partial charge on any atom is 1.00 e. The van der Waals surface area contributed by atoms with Gasteiger partial charge < -0.3 is 15.0 Å². The molecule has 1 heterocycles. The van der Waals surface area contributed by atoms with Crippen molar-refractivity contribution >= 4 is 8.07 Å². The number of hydrogen-bond donors (Lipinski definition) is 0. The molecule has 0 N–H and O–H groups in total. The van der Waals surface area contributed by atoms with Crippen LogP contribution < -0.4 is 18.9 Å². The Morgan fingerprint density at radius 1 is 1.15 bits per heavy atom. The van der Waals surface area contributed by atoms with E-state index in [1.165, 1.54) is 0 Å². The summed E-state index contributed by atoms with van der Waals surface area (Å²) in [5.74, 6) is 2.95. The summed E-state index contributed by atoms with van der Waals surface area (Å²) in [6, 6.07) is 0. The fourth-order valence-corrected chi connectivity index (χ4v) is 1.22. The predicted octanol–water partition coefficient (Wildman–Crippen LogP) is -1.20. The molecule has 1 aliphatic rings. The van der Waals surface area contributed by atoms with Crippen LogP contribution >= 0.6 is 0 Å². The maximum atomic E-state index is 5.22. The van der Waals surface area contributed by atoms with Crippen LogP contribution in [0.1, 0.15) is 6.42 Å². The van der Waals surface area contributed by atoms with Crippen molar-refractivity contribution < 1.29 is 28.3 Å². The zero-order valence-electron chi connectivity index (χ0n) is 8.94. The molecule has 0 aromatic heterocycles. The molecule has 0 amide bonds. The van der Waals surface area contributed by atoms with Crippen molar-refractivity contribution in [2.45, 2.75) is 26.1 Å². The van der Waals surface area contributed by atoms with Gasteiger partial charge in [-0.25, -0.2) is 5.92 Å². The molecule has 0 saturated carbocycles. The molecule has 1 aliphatic heterocycles. The van der Waals surface area contributed by atoms with Crippen LogP contribution in [0.2, 0.25) is 19.6 Å². The second-order valence-corrected chi connectivity index (χ2v) is 8.59. The molecule has 0 atom stereocenters. The van der Waals surface area contributed by atoms with E-state index >= 15 is 0 Å². The molecule has 1 fully saturated rings. The van der Waals surface area contributed by atoms with Crippen molar-refractivity contribution in [2.24, 2.45) is 0 Å². The average Bonchev–Trinajstić information content (AvgIpc) is 2.02. The summed E-state index contributed by atoms with van der Waals surface area (Å²) in [6.07, 6.45) is 1.49. The molecule has 13 heavy (non-hydrogen) atoms. The molecule has 1 saturated heterocycles. The SMILES string of the molecule is C[Si](C)(C)C#C[C-]1OCCCO1.[Li+]. The molecule has 0 radical (unpaired) electrons. The third-order valence-electron chi connectivity index (χ3n) is 1.29. The first-order chi connectivity index (χ1) is 5.58. The minimum Gasteiger partial charge on any atom is -0.407 e. The zero-order chi connectivity index (χ0) is 9.03. The van der Waals surface area contributed by atoms with Gasteiger partial charge in [0, 0.05) is 21.3 Å². The van der Waals surface area contributed by atoms with Gasteiger partial charge in [-0.2, -0.15) is 0 Å². The van der Waals surface area contributed by atoms with Gasteiger partial charge in [-0.3, -0.25) is 0 Å². The van der Waals surface area contributed by atoms with Crippen LogP contribution in [0.5, 0.6) is 0 Å².